The maximum absolute atomic E-state index is 11.0. The lowest BCUT2D eigenvalue weighted by molar-refractivity contribution is -0.133. The molecule has 1 fully saturated rings. The summed E-state index contributed by atoms with van der Waals surface area (Å²) in [6.45, 7) is 3.68. The summed E-state index contributed by atoms with van der Waals surface area (Å²) in [5.74, 6) is -0.169. The second-order valence-electron chi connectivity index (χ2n) is 3.54. The molecule has 0 N–H and O–H groups in total. The standard InChI is InChI=1S/C7H10O3S/c1-7(2)3-5(8)6(9)11(10)4-7/h3-4H2,1-2H3. The molecule has 62 valence electrons. The van der Waals surface area contributed by atoms with E-state index in [1.54, 1.807) is 0 Å². The third-order valence-corrected chi connectivity index (χ3v) is 3.28. The van der Waals surface area contributed by atoms with Crippen molar-refractivity contribution in [2.45, 2.75) is 20.3 Å². The van der Waals surface area contributed by atoms with Crippen LogP contribution < -0.4 is 0 Å². The van der Waals surface area contributed by atoms with E-state index >= 15 is 0 Å². The zero-order chi connectivity index (χ0) is 8.65. The fourth-order valence-corrected chi connectivity index (χ4v) is 2.37. The van der Waals surface area contributed by atoms with Crippen LogP contribution in [-0.4, -0.2) is 20.9 Å². The molecule has 0 bridgehead atoms. The van der Waals surface area contributed by atoms with E-state index in [0.29, 0.717) is 5.75 Å². The van der Waals surface area contributed by atoms with Crippen LogP contribution in [0.1, 0.15) is 20.3 Å². The smallest absolute Gasteiger partial charge is 0.284 e. The van der Waals surface area contributed by atoms with E-state index in [2.05, 4.69) is 0 Å². The molecular weight excluding hydrogens is 164 g/mol. The van der Waals surface area contributed by atoms with Crippen molar-refractivity contribution >= 4 is 21.7 Å². The van der Waals surface area contributed by atoms with Gasteiger partial charge in [-0.15, -0.1) is 0 Å². The average Bonchev–Trinajstić information content (AvgIpc) is 1.81. The van der Waals surface area contributed by atoms with Gasteiger partial charge in [0, 0.05) is 12.2 Å². The fraction of sp³-hybridized carbons (Fsp3) is 0.714. The summed E-state index contributed by atoms with van der Waals surface area (Å²) in [5.41, 5.74) is -0.268. The molecule has 0 aromatic heterocycles. The molecule has 4 heteroatoms. The average molecular weight is 174 g/mol. The van der Waals surface area contributed by atoms with Gasteiger partial charge >= 0.3 is 0 Å². The number of carbonyl (C=O) groups is 2. The number of hydrogen-bond donors (Lipinski definition) is 0. The van der Waals surface area contributed by atoms with Crippen LogP contribution in [0.4, 0.5) is 0 Å². The van der Waals surface area contributed by atoms with Gasteiger partial charge in [0.2, 0.25) is 5.78 Å². The predicted molar refractivity (Wildman–Crippen MR) is 41.4 cm³/mol. The third kappa shape index (κ3) is 1.74. The first-order valence-corrected chi connectivity index (χ1v) is 4.70. The lowest BCUT2D eigenvalue weighted by Crippen LogP contribution is -2.38. The highest BCUT2D eigenvalue weighted by Crippen LogP contribution is 2.26. The van der Waals surface area contributed by atoms with E-state index in [9.17, 15) is 13.8 Å². The summed E-state index contributed by atoms with van der Waals surface area (Å²) in [5, 5.41) is -0.704. The number of Topliss-reactive ketones (excluding diaryl/α,β-unsaturated/α-hetero) is 1. The number of carbonyl (C=O) groups excluding carboxylic acids is 2. The van der Waals surface area contributed by atoms with Crippen LogP contribution in [0.3, 0.4) is 0 Å². The van der Waals surface area contributed by atoms with Crippen LogP contribution in [-0.2, 0) is 20.4 Å². The molecule has 0 saturated carbocycles. The highest BCUT2D eigenvalue weighted by atomic mass is 32.2. The summed E-state index contributed by atoms with van der Waals surface area (Å²) in [4.78, 5) is 21.6. The van der Waals surface area contributed by atoms with Gasteiger partial charge in [0.15, 0.2) is 0 Å². The summed E-state index contributed by atoms with van der Waals surface area (Å²) < 4.78 is 11.0. The zero-order valence-corrected chi connectivity index (χ0v) is 7.36. The highest BCUT2D eigenvalue weighted by Gasteiger charge is 2.37. The molecule has 0 aliphatic carbocycles. The molecule has 1 heterocycles. The Bertz CT molecular complexity index is 220. The van der Waals surface area contributed by atoms with Crippen molar-refractivity contribution in [1.29, 1.82) is 0 Å². The minimum Gasteiger partial charge on any atom is -0.290 e. The molecular formula is C7H10O3S. The second-order valence-corrected chi connectivity index (χ2v) is 4.89. The normalized spacial score (nSPS) is 30.5. The van der Waals surface area contributed by atoms with Gasteiger partial charge in [-0.25, -0.2) is 0 Å². The molecule has 1 rings (SSSR count). The maximum atomic E-state index is 11.0. The lowest BCUT2D eigenvalue weighted by Gasteiger charge is -2.25. The second kappa shape index (κ2) is 2.52. The Hall–Kier alpha value is -0.510. The van der Waals surface area contributed by atoms with Crippen molar-refractivity contribution in [2.75, 3.05) is 5.75 Å². The Morgan fingerprint density at radius 1 is 1.36 bits per heavy atom. The third-order valence-electron chi connectivity index (χ3n) is 1.60. The molecule has 0 radical (unpaired) electrons. The Labute approximate surface area is 67.6 Å². The summed E-state index contributed by atoms with van der Waals surface area (Å²) in [6.07, 6.45) is 0.234. The molecule has 3 nitrogen and oxygen atoms in total. The quantitative estimate of drug-likeness (QED) is 0.495. The maximum Gasteiger partial charge on any atom is 0.284 e. The molecule has 1 aliphatic heterocycles. The molecule has 11 heavy (non-hydrogen) atoms. The lowest BCUT2D eigenvalue weighted by atomic mass is 9.89. The van der Waals surface area contributed by atoms with Crippen LogP contribution in [0.15, 0.2) is 0 Å². The van der Waals surface area contributed by atoms with Crippen LogP contribution in [0.2, 0.25) is 0 Å². The van der Waals surface area contributed by atoms with Gasteiger partial charge in [-0.3, -0.25) is 13.8 Å². The Kier molecular flexibility index (Phi) is 1.96. The van der Waals surface area contributed by atoms with Gasteiger partial charge in [0.25, 0.3) is 5.12 Å². The molecule has 1 unspecified atom stereocenters. The van der Waals surface area contributed by atoms with E-state index in [0.717, 1.165) is 0 Å². The van der Waals surface area contributed by atoms with Gasteiger partial charge in [-0.1, -0.05) is 13.8 Å². The van der Waals surface area contributed by atoms with Crippen LogP contribution >= 0.6 is 0 Å². The van der Waals surface area contributed by atoms with Crippen molar-refractivity contribution < 1.29 is 13.8 Å². The number of hydrogen-bond acceptors (Lipinski definition) is 3. The monoisotopic (exact) mass is 174 g/mol. The Balaban J connectivity index is 2.87. The van der Waals surface area contributed by atoms with Crippen molar-refractivity contribution in [2.24, 2.45) is 5.41 Å². The van der Waals surface area contributed by atoms with E-state index in [1.807, 2.05) is 13.8 Å². The van der Waals surface area contributed by atoms with E-state index in [-0.39, 0.29) is 11.8 Å². The molecule has 0 aromatic carbocycles. The van der Waals surface area contributed by atoms with Crippen LogP contribution in [0.5, 0.6) is 0 Å². The van der Waals surface area contributed by atoms with E-state index in [1.165, 1.54) is 0 Å². The van der Waals surface area contributed by atoms with Crippen LogP contribution in [0, 0.1) is 5.41 Å². The van der Waals surface area contributed by atoms with Crippen LogP contribution in [0.25, 0.3) is 0 Å². The minimum absolute atomic E-state index is 0.234. The molecule has 0 spiro atoms. The van der Waals surface area contributed by atoms with Gasteiger partial charge in [-0.2, -0.15) is 0 Å². The van der Waals surface area contributed by atoms with Crippen molar-refractivity contribution in [3.05, 3.63) is 0 Å². The predicted octanol–water partition coefficient (Wildman–Crippen LogP) is 0.261. The summed E-state index contributed by atoms with van der Waals surface area (Å²) >= 11 is 0. The first kappa shape index (κ1) is 8.59. The minimum atomic E-state index is -1.57. The van der Waals surface area contributed by atoms with Gasteiger partial charge < -0.3 is 0 Å². The summed E-state index contributed by atoms with van der Waals surface area (Å²) in [7, 11) is -1.57. The summed E-state index contributed by atoms with van der Waals surface area (Å²) in [6, 6.07) is 0. The number of ketones is 1. The first-order valence-electron chi connectivity index (χ1n) is 3.38. The SMILES string of the molecule is CC1(C)CC(=O)C(=O)S(=O)C1. The Morgan fingerprint density at radius 2 is 1.91 bits per heavy atom. The van der Waals surface area contributed by atoms with Gasteiger partial charge in [-0.05, 0) is 5.41 Å². The molecule has 0 amide bonds. The van der Waals surface area contributed by atoms with E-state index in [4.69, 9.17) is 0 Å². The Morgan fingerprint density at radius 3 is 2.36 bits per heavy atom. The first-order chi connectivity index (χ1) is 4.92. The molecule has 1 aliphatic rings. The van der Waals surface area contributed by atoms with E-state index < -0.39 is 21.7 Å². The number of rotatable bonds is 0. The van der Waals surface area contributed by atoms with Crippen molar-refractivity contribution in [3.63, 3.8) is 0 Å². The largest absolute Gasteiger partial charge is 0.290 e. The van der Waals surface area contributed by atoms with Gasteiger partial charge in [0.1, 0.15) is 0 Å². The van der Waals surface area contributed by atoms with Crippen molar-refractivity contribution in [1.82, 2.24) is 0 Å². The van der Waals surface area contributed by atoms with Crippen molar-refractivity contribution in [3.8, 4) is 0 Å². The highest BCUT2D eigenvalue weighted by molar-refractivity contribution is 8.02. The molecule has 1 saturated heterocycles. The topological polar surface area (TPSA) is 51.2 Å². The molecule has 1 atom stereocenters. The zero-order valence-electron chi connectivity index (χ0n) is 6.55. The fourth-order valence-electron chi connectivity index (χ4n) is 1.11. The molecule has 0 aromatic rings. The van der Waals surface area contributed by atoms with Gasteiger partial charge in [0.05, 0.1) is 10.8 Å².